The van der Waals surface area contributed by atoms with Gasteiger partial charge in [-0.05, 0) is 37.5 Å². The van der Waals surface area contributed by atoms with E-state index in [1.54, 1.807) is 30.3 Å². The van der Waals surface area contributed by atoms with Gasteiger partial charge in [0.25, 0.3) is 0 Å². The van der Waals surface area contributed by atoms with Crippen LogP contribution < -0.4 is 5.48 Å². The van der Waals surface area contributed by atoms with Gasteiger partial charge < -0.3 is 14.3 Å². The Morgan fingerprint density at radius 3 is 2.64 bits per heavy atom. The third-order valence-electron chi connectivity index (χ3n) is 3.34. The predicted octanol–water partition coefficient (Wildman–Crippen LogP) is 1.97. The van der Waals surface area contributed by atoms with E-state index < -0.39 is 11.9 Å². The van der Waals surface area contributed by atoms with Crippen LogP contribution in [0.25, 0.3) is 0 Å². The van der Waals surface area contributed by atoms with Gasteiger partial charge in [0.15, 0.2) is 5.70 Å². The Hall–Kier alpha value is -2.34. The Morgan fingerprint density at radius 1 is 1.27 bits per heavy atom. The molecule has 1 saturated heterocycles. The summed E-state index contributed by atoms with van der Waals surface area (Å²) in [6, 6.07) is 8.53. The number of methoxy groups -OCH3 is 1. The maximum Gasteiger partial charge on any atom is 0.362 e. The van der Waals surface area contributed by atoms with E-state index in [2.05, 4.69) is 5.48 Å². The van der Waals surface area contributed by atoms with Gasteiger partial charge in [0.1, 0.15) is 0 Å². The molecule has 2 rings (SSSR count). The van der Waals surface area contributed by atoms with E-state index in [1.165, 1.54) is 7.11 Å². The van der Waals surface area contributed by atoms with Crippen molar-refractivity contribution in [3.63, 3.8) is 0 Å². The van der Waals surface area contributed by atoms with Crippen molar-refractivity contribution in [2.45, 2.75) is 25.9 Å². The smallest absolute Gasteiger partial charge is 0.362 e. The van der Waals surface area contributed by atoms with Crippen molar-refractivity contribution >= 4 is 11.9 Å². The molecule has 1 aromatic rings. The van der Waals surface area contributed by atoms with Crippen molar-refractivity contribution in [3.8, 4) is 0 Å². The topological polar surface area (TPSA) is 73.9 Å². The summed E-state index contributed by atoms with van der Waals surface area (Å²) in [6.07, 6.45) is 1.18. The predicted molar refractivity (Wildman–Crippen MR) is 78.7 cm³/mol. The molecule has 118 valence electrons. The molecule has 1 aromatic carbocycles. The van der Waals surface area contributed by atoms with E-state index in [9.17, 15) is 9.59 Å². The summed E-state index contributed by atoms with van der Waals surface area (Å²) < 4.78 is 10.2. The summed E-state index contributed by atoms with van der Waals surface area (Å²) >= 11 is 0. The Balaban J connectivity index is 2.09. The van der Waals surface area contributed by atoms with Gasteiger partial charge >= 0.3 is 11.9 Å². The second-order valence-corrected chi connectivity index (χ2v) is 4.96. The Kier molecular flexibility index (Phi) is 5.55. The van der Waals surface area contributed by atoms with Crippen molar-refractivity contribution in [2.75, 3.05) is 13.7 Å². The van der Waals surface area contributed by atoms with Crippen LogP contribution in [0.4, 0.5) is 0 Å². The number of hydroxylamine groups is 1. The number of esters is 1. The fourth-order valence-electron chi connectivity index (χ4n) is 2.21. The third-order valence-corrected chi connectivity index (χ3v) is 3.34. The lowest BCUT2D eigenvalue weighted by molar-refractivity contribution is -0.137. The molecular weight excluding hydrogens is 286 g/mol. The molecule has 1 fully saturated rings. The Labute approximate surface area is 129 Å². The fraction of sp³-hybridized carbons (Fsp3) is 0.375. The first-order chi connectivity index (χ1) is 10.6. The zero-order chi connectivity index (χ0) is 15.9. The van der Waals surface area contributed by atoms with Gasteiger partial charge in [-0.2, -0.15) is 0 Å². The van der Waals surface area contributed by atoms with Gasteiger partial charge in [-0.25, -0.2) is 15.1 Å². The second kappa shape index (κ2) is 7.61. The minimum Gasteiger partial charge on any atom is -0.464 e. The first-order valence-electron chi connectivity index (χ1n) is 7.06. The van der Waals surface area contributed by atoms with Gasteiger partial charge in [-0.1, -0.05) is 18.2 Å². The molecule has 1 N–H and O–H groups in total. The van der Waals surface area contributed by atoms with Crippen molar-refractivity contribution < 1.29 is 23.9 Å². The number of nitrogens with one attached hydrogen (secondary N) is 1. The minimum atomic E-state index is -0.567. The zero-order valence-electron chi connectivity index (χ0n) is 12.6. The van der Waals surface area contributed by atoms with E-state index in [0.29, 0.717) is 25.0 Å². The lowest BCUT2D eigenvalue weighted by Crippen LogP contribution is -2.29. The van der Waals surface area contributed by atoms with Crippen LogP contribution in [0, 0.1) is 0 Å². The van der Waals surface area contributed by atoms with Crippen LogP contribution in [0.2, 0.25) is 0 Å². The molecule has 1 heterocycles. The molecule has 0 unspecified atom stereocenters. The number of carbonyl (C=O) groups is 2. The van der Waals surface area contributed by atoms with Gasteiger partial charge in [0.2, 0.25) is 0 Å². The average molecular weight is 305 g/mol. The Bertz CT molecular complexity index is 567. The fourth-order valence-corrected chi connectivity index (χ4v) is 2.21. The van der Waals surface area contributed by atoms with E-state index in [0.717, 1.165) is 5.57 Å². The number of hydrogen-bond donors (Lipinski definition) is 1. The molecule has 1 aliphatic rings. The molecule has 6 nitrogen and oxygen atoms in total. The van der Waals surface area contributed by atoms with Gasteiger partial charge in [0, 0.05) is 0 Å². The zero-order valence-corrected chi connectivity index (χ0v) is 12.6. The van der Waals surface area contributed by atoms with E-state index >= 15 is 0 Å². The summed E-state index contributed by atoms with van der Waals surface area (Å²) in [6.45, 7) is 2.44. The maximum atomic E-state index is 11.9. The summed E-state index contributed by atoms with van der Waals surface area (Å²) in [4.78, 5) is 28.8. The highest BCUT2D eigenvalue weighted by Gasteiger charge is 2.23. The summed E-state index contributed by atoms with van der Waals surface area (Å²) in [7, 11) is 1.28. The summed E-state index contributed by atoms with van der Waals surface area (Å²) in [5.41, 5.74) is 3.85. The van der Waals surface area contributed by atoms with E-state index in [4.69, 9.17) is 14.3 Å². The van der Waals surface area contributed by atoms with E-state index in [-0.39, 0.29) is 11.8 Å². The quantitative estimate of drug-likeness (QED) is 0.521. The lowest BCUT2D eigenvalue weighted by Gasteiger charge is -2.23. The molecule has 1 aliphatic heterocycles. The lowest BCUT2D eigenvalue weighted by atomic mass is 10.0. The first-order valence-corrected chi connectivity index (χ1v) is 7.06. The summed E-state index contributed by atoms with van der Waals surface area (Å²) in [5.74, 6) is -1.13. The molecule has 0 aromatic heterocycles. The van der Waals surface area contributed by atoms with Crippen molar-refractivity contribution in [1.82, 2.24) is 5.48 Å². The minimum absolute atomic E-state index is 0.00929. The monoisotopic (exact) mass is 305 g/mol. The summed E-state index contributed by atoms with van der Waals surface area (Å²) in [5, 5.41) is 0. The highest BCUT2D eigenvalue weighted by molar-refractivity contribution is 5.91. The molecule has 1 atom stereocenters. The molecule has 0 spiro atoms. The van der Waals surface area contributed by atoms with Crippen LogP contribution in [0.5, 0.6) is 0 Å². The maximum absolute atomic E-state index is 11.9. The number of hydrogen-bond acceptors (Lipinski definition) is 6. The van der Waals surface area contributed by atoms with Crippen LogP contribution in [0.15, 0.2) is 41.6 Å². The largest absolute Gasteiger partial charge is 0.464 e. The van der Waals surface area contributed by atoms with Gasteiger partial charge in [-0.15, -0.1) is 0 Å². The SMILES string of the molecule is COC(=O)/C(NOC(=O)c1ccccc1)=C1\CCO[C@H](C)C1. The first kappa shape index (κ1) is 16.0. The Morgan fingerprint density at radius 2 is 2.00 bits per heavy atom. The van der Waals surface area contributed by atoms with Crippen LogP contribution >= 0.6 is 0 Å². The molecule has 22 heavy (non-hydrogen) atoms. The highest BCUT2D eigenvalue weighted by Crippen LogP contribution is 2.22. The molecule has 0 amide bonds. The van der Waals surface area contributed by atoms with Crippen LogP contribution in [0.1, 0.15) is 30.1 Å². The van der Waals surface area contributed by atoms with Crippen LogP contribution in [-0.2, 0) is 19.1 Å². The molecule has 6 heteroatoms. The highest BCUT2D eigenvalue weighted by atomic mass is 16.7. The number of benzene rings is 1. The molecule has 0 saturated carbocycles. The number of rotatable bonds is 4. The van der Waals surface area contributed by atoms with Crippen LogP contribution in [0.3, 0.4) is 0 Å². The van der Waals surface area contributed by atoms with Crippen molar-refractivity contribution in [1.29, 1.82) is 0 Å². The average Bonchev–Trinajstić information content (AvgIpc) is 2.55. The van der Waals surface area contributed by atoms with Crippen molar-refractivity contribution in [2.24, 2.45) is 0 Å². The van der Waals surface area contributed by atoms with E-state index in [1.807, 2.05) is 6.92 Å². The molecular formula is C16H19NO5. The number of ether oxygens (including phenoxy) is 2. The van der Waals surface area contributed by atoms with Crippen molar-refractivity contribution in [3.05, 3.63) is 47.2 Å². The number of carbonyl (C=O) groups excluding carboxylic acids is 2. The van der Waals surface area contributed by atoms with Gasteiger partial charge in [-0.3, -0.25) is 0 Å². The molecule has 0 bridgehead atoms. The van der Waals surface area contributed by atoms with Crippen LogP contribution in [-0.4, -0.2) is 31.8 Å². The van der Waals surface area contributed by atoms with Gasteiger partial charge in [0.05, 0.1) is 25.4 Å². The molecule has 0 radical (unpaired) electrons. The third kappa shape index (κ3) is 4.08. The standard InChI is InChI=1S/C16H19NO5/c1-11-10-13(8-9-21-11)14(16(19)20-2)17-22-15(18)12-6-4-3-5-7-12/h3-7,11,17H,8-10H2,1-2H3/b14-13-/t11-/m1/s1. The second-order valence-electron chi connectivity index (χ2n) is 4.96. The normalized spacial score (nSPS) is 20.0. The molecule has 0 aliphatic carbocycles.